The van der Waals surface area contributed by atoms with Gasteiger partial charge in [0, 0.05) is 31.7 Å². The molecule has 0 amide bonds. The van der Waals surface area contributed by atoms with E-state index in [1.165, 1.54) is 11.1 Å². The summed E-state index contributed by atoms with van der Waals surface area (Å²) >= 11 is 0. The van der Waals surface area contributed by atoms with Crippen LogP contribution in [0.2, 0.25) is 0 Å². The number of likely N-dealkylation sites (tertiary alicyclic amines) is 1. The monoisotopic (exact) mass is 233 g/mol. The number of nitrogens with two attached hydrogens (primary N) is 2. The van der Waals surface area contributed by atoms with Crippen LogP contribution in [0.4, 0.5) is 0 Å². The molecule has 0 aliphatic carbocycles. The van der Waals surface area contributed by atoms with Crippen LogP contribution < -0.4 is 11.5 Å². The van der Waals surface area contributed by atoms with E-state index in [1.54, 1.807) is 0 Å². The topological polar surface area (TPSA) is 55.3 Å². The Balaban J connectivity index is 1.88. The molecule has 1 aromatic carbocycles. The Morgan fingerprint density at radius 1 is 1.18 bits per heavy atom. The first-order chi connectivity index (χ1) is 8.15. The second-order valence-electron chi connectivity index (χ2n) is 5.19. The molecule has 0 radical (unpaired) electrons. The van der Waals surface area contributed by atoms with Gasteiger partial charge in [0.2, 0.25) is 0 Å². The van der Waals surface area contributed by atoms with E-state index in [-0.39, 0.29) is 12.1 Å². The van der Waals surface area contributed by atoms with Gasteiger partial charge in [-0.2, -0.15) is 0 Å². The van der Waals surface area contributed by atoms with E-state index in [4.69, 9.17) is 11.5 Å². The Morgan fingerprint density at radius 3 is 2.47 bits per heavy atom. The molecule has 1 heterocycles. The van der Waals surface area contributed by atoms with Crippen molar-refractivity contribution in [2.45, 2.75) is 31.8 Å². The molecule has 94 valence electrons. The summed E-state index contributed by atoms with van der Waals surface area (Å²) in [6.07, 6.45) is 2.05. The van der Waals surface area contributed by atoms with E-state index in [0.29, 0.717) is 0 Å². The van der Waals surface area contributed by atoms with Crippen LogP contribution in [0.3, 0.4) is 0 Å². The Kier molecular flexibility index (Phi) is 4.15. The maximum atomic E-state index is 5.99. The SMILES string of the molecule is Cc1ccccc1CCN1CC(N)CC(N)C1. The van der Waals surface area contributed by atoms with E-state index >= 15 is 0 Å². The minimum atomic E-state index is 0.246. The number of rotatable bonds is 3. The highest BCUT2D eigenvalue weighted by molar-refractivity contribution is 5.25. The standard InChI is InChI=1S/C14H23N3/c1-11-4-2-3-5-12(11)6-7-17-9-13(15)8-14(16)10-17/h2-5,13-14H,6-10,15-16H2,1H3. The molecule has 1 aliphatic heterocycles. The molecule has 1 fully saturated rings. The molecule has 2 rings (SSSR count). The van der Waals surface area contributed by atoms with E-state index in [1.807, 2.05) is 0 Å². The van der Waals surface area contributed by atoms with Crippen LogP contribution in [0.5, 0.6) is 0 Å². The molecule has 0 bridgehead atoms. The third-order valence-corrected chi connectivity index (χ3v) is 3.55. The zero-order valence-electron chi connectivity index (χ0n) is 10.6. The molecule has 1 saturated heterocycles. The van der Waals surface area contributed by atoms with Crippen LogP contribution in [0.25, 0.3) is 0 Å². The number of hydrogen-bond acceptors (Lipinski definition) is 3. The van der Waals surface area contributed by atoms with E-state index in [9.17, 15) is 0 Å². The zero-order chi connectivity index (χ0) is 12.3. The molecule has 2 unspecified atom stereocenters. The fourth-order valence-electron chi connectivity index (χ4n) is 2.63. The molecule has 0 spiro atoms. The fraction of sp³-hybridized carbons (Fsp3) is 0.571. The number of piperidine rings is 1. The predicted molar refractivity (Wildman–Crippen MR) is 71.9 cm³/mol. The lowest BCUT2D eigenvalue weighted by atomic mass is 10.0. The summed E-state index contributed by atoms with van der Waals surface area (Å²) in [4.78, 5) is 2.39. The van der Waals surface area contributed by atoms with Crippen LogP contribution in [-0.4, -0.2) is 36.6 Å². The van der Waals surface area contributed by atoms with Gasteiger partial charge >= 0.3 is 0 Å². The van der Waals surface area contributed by atoms with Crippen LogP contribution in [0.15, 0.2) is 24.3 Å². The molecule has 0 aromatic heterocycles. The second-order valence-corrected chi connectivity index (χ2v) is 5.19. The van der Waals surface area contributed by atoms with Gasteiger partial charge in [0.05, 0.1) is 0 Å². The first-order valence-corrected chi connectivity index (χ1v) is 6.43. The van der Waals surface area contributed by atoms with Gasteiger partial charge in [0.25, 0.3) is 0 Å². The lowest BCUT2D eigenvalue weighted by Crippen LogP contribution is -2.52. The molecular weight excluding hydrogens is 210 g/mol. The van der Waals surface area contributed by atoms with Crippen LogP contribution in [-0.2, 0) is 6.42 Å². The van der Waals surface area contributed by atoms with E-state index < -0.39 is 0 Å². The Bertz CT molecular complexity index is 354. The first kappa shape index (κ1) is 12.6. The van der Waals surface area contributed by atoms with Gasteiger partial charge < -0.3 is 11.5 Å². The van der Waals surface area contributed by atoms with Crippen molar-refractivity contribution in [2.75, 3.05) is 19.6 Å². The molecule has 3 nitrogen and oxygen atoms in total. The van der Waals surface area contributed by atoms with Gasteiger partial charge in [-0.15, -0.1) is 0 Å². The first-order valence-electron chi connectivity index (χ1n) is 6.43. The van der Waals surface area contributed by atoms with Crippen molar-refractivity contribution in [1.29, 1.82) is 0 Å². The minimum absolute atomic E-state index is 0.246. The molecule has 3 heteroatoms. The van der Waals surface area contributed by atoms with Crippen molar-refractivity contribution in [1.82, 2.24) is 4.90 Å². The largest absolute Gasteiger partial charge is 0.326 e. The summed E-state index contributed by atoms with van der Waals surface area (Å²) < 4.78 is 0. The van der Waals surface area contributed by atoms with Crippen molar-refractivity contribution in [3.63, 3.8) is 0 Å². The Labute approximate surface area is 104 Å². The maximum Gasteiger partial charge on any atom is 0.0183 e. The van der Waals surface area contributed by atoms with Crippen molar-refractivity contribution < 1.29 is 0 Å². The Morgan fingerprint density at radius 2 is 1.82 bits per heavy atom. The predicted octanol–water partition coefficient (Wildman–Crippen LogP) is 0.898. The maximum absolute atomic E-state index is 5.99. The van der Waals surface area contributed by atoms with Gasteiger partial charge in [-0.25, -0.2) is 0 Å². The molecule has 2 atom stereocenters. The van der Waals surface area contributed by atoms with Gasteiger partial charge in [-0.3, -0.25) is 4.90 Å². The third-order valence-electron chi connectivity index (χ3n) is 3.55. The Hall–Kier alpha value is -0.900. The highest BCUT2D eigenvalue weighted by Gasteiger charge is 2.21. The van der Waals surface area contributed by atoms with E-state index in [0.717, 1.165) is 32.5 Å². The van der Waals surface area contributed by atoms with Crippen LogP contribution >= 0.6 is 0 Å². The summed E-state index contributed by atoms with van der Waals surface area (Å²) in [6, 6.07) is 9.07. The van der Waals surface area contributed by atoms with Gasteiger partial charge in [-0.1, -0.05) is 24.3 Å². The number of aryl methyl sites for hydroxylation is 1. The van der Waals surface area contributed by atoms with Crippen molar-refractivity contribution in [3.05, 3.63) is 35.4 Å². The lowest BCUT2D eigenvalue weighted by Gasteiger charge is -2.34. The van der Waals surface area contributed by atoms with Crippen molar-refractivity contribution >= 4 is 0 Å². The van der Waals surface area contributed by atoms with Crippen molar-refractivity contribution in [3.8, 4) is 0 Å². The summed E-state index contributed by atoms with van der Waals surface area (Å²) in [5, 5.41) is 0. The summed E-state index contributed by atoms with van der Waals surface area (Å²) in [6.45, 7) is 5.20. The molecule has 1 aliphatic rings. The fourth-order valence-corrected chi connectivity index (χ4v) is 2.63. The number of benzene rings is 1. The highest BCUT2D eigenvalue weighted by atomic mass is 15.2. The van der Waals surface area contributed by atoms with Gasteiger partial charge in [0.15, 0.2) is 0 Å². The minimum Gasteiger partial charge on any atom is -0.326 e. The zero-order valence-corrected chi connectivity index (χ0v) is 10.6. The normalized spacial score (nSPS) is 26.1. The third kappa shape index (κ3) is 3.53. The molecule has 4 N–H and O–H groups in total. The van der Waals surface area contributed by atoms with Gasteiger partial charge in [-0.05, 0) is 30.9 Å². The van der Waals surface area contributed by atoms with Gasteiger partial charge in [0.1, 0.15) is 0 Å². The van der Waals surface area contributed by atoms with E-state index in [2.05, 4.69) is 36.1 Å². The molecule has 17 heavy (non-hydrogen) atoms. The molecule has 1 aromatic rings. The highest BCUT2D eigenvalue weighted by Crippen LogP contribution is 2.11. The van der Waals surface area contributed by atoms with Crippen molar-refractivity contribution in [2.24, 2.45) is 11.5 Å². The smallest absolute Gasteiger partial charge is 0.0183 e. The lowest BCUT2D eigenvalue weighted by molar-refractivity contribution is 0.192. The summed E-state index contributed by atoms with van der Waals surface area (Å²) in [7, 11) is 0. The molecule has 0 saturated carbocycles. The summed E-state index contributed by atoms with van der Waals surface area (Å²) in [5.74, 6) is 0. The van der Waals surface area contributed by atoms with Crippen LogP contribution in [0, 0.1) is 6.92 Å². The quantitative estimate of drug-likeness (QED) is 0.815. The average molecular weight is 233 g/mol. The average Bonchev–Trinajstić information content (AvgIpc) is 2.27. The second kappa shape index (κ2) is 5.63. The van der Waals surface area contributed by atoms with Crippen LogP contribution in [0.1, 0.15) is 17.5 Å². The number of hydrogen-bond donors (Lipinski definition) is 2. The summed E-state index contributed by atoms with van der Waals surface area (Å²) in [5.41, 5.74) is 14.8. The number of nitrogens with zero attached hydrogens (tertiary/aromatic N) is 1. The molecular formula is C14H23N3.